The lowest BCUT2D eigenvalue weighted by atomic mass is 10.1. The molecule has 2 aromatic rings. The van der Waals surface area contributed by atoms with Gasteiger partial charge in [-0.25, -0.2) is 0 Å². The van der Waals surface area contributed by atoms with Crippen LogP contribution in [0.2, 0.25) is 5.02 Å². The van der Waals surface area contributed by atoms with E-state index in [0.717, 1.165) is 4.88 Å². The predicted molar refractivity (Wildman–Crippen MR) is 86.7 cm³/mol. The molecule has 0 saturated heterocycles. The number of hydrogen-bond donors (Lipinski definition) is 1. The highest BCUT2D eigenvalue weighted by Gasteiger charge is 2.09. The van der Waals surface area contributed by atoms with Crippen molar-refractivity contribution in [1.82, 2.24) is 0 Å². The molecule has 3 nitrogen and oxygen atoms in total. The standard InChI is InChI=1S/C16H15ClO3S/c1-3-20-14-9-11(8-12(17)16(14)19)5-6-13(18)15-7-4-10(2)21-15/h4-9,19H,3H2,1-2H3/b6-5+. The van der Waals surface area contributed by atoms with Crippen molar-refractivity contribution in [3.05, 3.63) is 50.7 Å². The average Bonchev–Trinajstić information content (AvgIpc) is 2.88. The second-order valence-electron chi connectivity index (χ2n) is 4.39. The van der Waals surface area contributed by atoms with Gasteiger partial charge in [-0.15, -0.1) is 11.3 Å². The first-order valence-corrected chi connectivity index (χ1v) is 7.65. The summed E-state index contributed by atoms with van der Waals surface area (Å²) in [6.45, 7) is 4.20. The zero-order chi connectivity index (χ0) is 15.4. The van der Waals surface area contributed by atoms with Crippen molar-refractivity contribution in [1.29, 1.82) is 0 Å². The highest BCUT2D eigenvalue weighted by Crippen LogP contribution is 2.35. The van der Waals surface area contributed by atoms with Gasteiger partial charge in [0, 0.05) is 4.88 Å². The Hall–Kier alpha value is -1.78. The molecule has 0 fully saturated rings. The van der Waals surface area contributed by atoms with Crippen LogP contribution in [0.4, 0.5) is 0 Å². The van der Waals surface area contributed by atoms with Crippen LogP contribution in [-0.2, 0) is 0 Å². The molecule has 1 N–H and O–H groups in total. The quantitative estimate of drug-likeness (QED) is 0.640. The Labute approximate surface area is 132 Å². The van der Waals surface area contributed by atoms with Crippen molar-refractivity contribution < 1.29 is 14.6 Å². The fraction of sp³-hybridized carbons (Fsp3) is 0.188. The van der Waals surface area contributed by atoms with Gasteiger partial charge in [-0.05, 0) is 49.8 Å². The van der Waals surface area contributed by atoms with Gasteiger partial charge in [0.15, 0.2) is 17.3 Å². The van der Waals surface area contributed by atoms with Crippen molar-refractivity contribution in [2.24, 2.45) is 0 Å². The van der Waals surface area contributed by atoms with E-state index in [9.17, 15) is 9.90 Å². The SMILES string of the molecule is CCOc1cc(/C=C/C(=O)c2ccc(C)s2)cc(Cl)c1O. The van der Waals surface area contributed by atoms with Gasteiger partial charge in [0.25, 0.3) is 0 Å². The van der Waals surface area contributed by atoms with Gasteiger partial charge in [0.2, 0.25) is 0 Å². The van der Waals surface area contributed by atoms with Crippen molar-refractivity contribution in [3.63, 3.8) is 0 Å². The van der Waals surface area contributed by atoms with Crippen LogP contribution in [0.25, 0.3) is 6.08 Å². The van der Waals surface area contributed by atoms with Crippen molar-refractivity contribution in [3.8, 4) is 11.5 Å². The normalized spacial score (nSPS) is 11.0. The molecule has 5 heteroatoms. The Morgan fingerprint density at radius 3 is 2.81 bits per heavy atom. The molecule has 0 unspecified atom stereocenters. The van der Waals surface area contributed by atoms with Gasteiger partial charge >= 0.3 is 0 Å². The lowest BCUT2D eigenvalue weighted by molar-refractivity contribution is 0.105. The number of benzene rings is 1. The van der Waals surface area contributed by atoms with E-state index in [1.54, 1.807) is 18.2 Å². The van der Waals surface area contributed by atoms with Gasteiger partial charge in [0.05, 0.1) is 16.5 Å². The van der Waals surface area contributed by atoms with Crippen molar-refractivity contribution in [2.45, 2.75) is 13.8 Å². The monoisotopic (exact) mass is 322 g/mol. The van der Waals surface area contributed by atoms with E-state index in [1.165, 1.54) is 17.4 Å². The molecule has 1 aromatic heterocycles. The van der Waals surface area contributed by atoms with Crippen LogP contribution in [0, 0.1) is 6.92 Å². The molecule has 0 spiro atoms. The van der Waals surface area contributed by atoms with E-state index in [-0.39, 0.29) is 16.6 Å². The summed E-state index contributed by atoms with van der Waals surface area (Å²) in [4.78, 5) is 13.8. The number of ether oxygens (including phenoxy) is 1. The van der Waals surface area contributed by atoms with Gasteiger partial charge in [-0.2, -0.15) is 0 Å². The largest absolute Gasteiger partial charge is 0.503 e. The molecule has 0 aliphatic heterocycles. The number of ketones is 1. The second-order valence-corrected chi connectivity index (χ2v) is 6.09. The number of carbonyl (C=O) groups excluding carboxylic acids is 1. The van der Waals surface area contributed by atoms with E-state index in [4.69, 9.17) is 16.3 Å². The van der Waals surface area contributed by atoms with Gasteiger partial charge in [0.1, 0.15) is 0 Å². The first-order valence-electron chi connectivity index (χ1n) is 6.45. The summed E-state index contributed by atoms with van der Waals surface area (Å²) >= 11 is 7.40. The summed E-state index contributed by atoms with van der Waals surface area (Å²) in [6.07, 6.45) is 3.15. The minimum atomic E-state index is -0.0872. The Kier molecular flexibility index (Phi) is 5.04. The van der Waals surface area contributed by atoms with E-state index in [2.05, 4.69) is 0 Å². The van der Waals surface area contributed by atoms with Crippen LogP contribution in [0.3, 0.4) is 0 Å². The molecular weight excluding hydrogens is 308 g/mol. The van der Waals surface area contributed by atoms with Crippen LogP contribution in [0.15, 0.2) is 30.3 Å². The maximum atomic E-state index is 12.0. The molecule has 110 valence electrons. The molecule has 0 aliphatic rings. The molecule has 0 radical (unpaired) electrons. The lowest BCUT2D eigenvalue weighted by Crippen LogP contribution is -1.93. The zero-order valence-electron chi connectivity index (χ0n) is 11.7. The molecule has 0 amide bonds. The number of aryl methyl sites for hydroxylation is 1. The molecule has 0 atom stereocenters. The highest BCUT2D eigenvalue weighted by molar-refractivity contribution is 7.14. The third-order valence-electron chi connectivity index (χ3n) is 2.76. The van der Waals surface area contributed by atoms with E-state index in [1.807, 2.05) is 26.0 Å². The Morgan fingerprint density at radius 1 is 1.43 bits per heavy atom. The third kappa shape index (κ3) is 3.86. The number of thiophene rings is 1. The highest BCUT2D eigenvalue weighted by atomic mass is 35.5. The van der Waals surface area contributed by atoms with Crippen LogP contribution in [0.1, 0.15) is 27.0 Å². The molecular formula is C16H15ClO3S. The smallest absolute Gasteiger partial charge is 0.195 e. The van der Waals surface area contributed by atoms with Crippen molar-refractivity contribution >= 4 is 34.8 Å². The molecule has 0 saturated carbocycles. The maximum Gasteiger partial charge on any atom is 0.195 e. The van der Waals surface area contributed by atoms with Crippen LogP contribution >= 0.6 is 22.9 Å². The lowest BCUT2D eigenvalue weighted by Gasteiger charge is -2.08. The average molecular weight is 323 g/mol. The fourth-order valence-corrected chi connectivity index (χ4v) is 2.78. The number of rotatable bonds is 5. The Bertz CT molecular complexity index is 689. The number of halogens is 1. The molecule has 2 rings (SSSR count). The van der Waals surface area contributed by atoms with Crippen LogP contribution in [0.5, 0.6) is 11.5 Å². The molecule has 0 bridgehead atoms. The minimum Gasteiger partial charge on any atom is -0.503 e. The minimum absolute atomic E-state index is 0.0599. The van der Waals surface area contributed by atoms with Crippen molar-refractivity contribution in [2.75, 3.05) is 6.61 Å². The van der Waals surface area contributed by atoms with E-state index >= 15 is 0 Å². The first kappa shape index (κ1) is 15.6. The molecule has 0 aliphatic carbocycles. The number of carbonyl (C=O) groups is 1. The zero-order valence-corrected chi connectivity index (χ0v) is 13.3. The summed E-state index contributed by atoms with van der Waals surface area (Å²) in [5.74, 6) is 0.162. The van der Waals surface area contributed by atoms with Gasteiger partial charge in [-0.1, -0.05) is 17.7 Å². The second kappa shape index (κ2) is 6.78. The summed E-state index contributed by atoms with van der Waals surface area (Å²) in [6, 6.07) is 6.95. The fourth-order valence-electron chi connectivity index (χ4n) is 1.78. The Balaban J connectivity index is 2.22. The van der Waals surface area contributed by atoms with Gasteiger partial charge < -0.3 is 9.84 Å². The topological polar surface area (TPSA) is 46.5 Å². The first-order chi connectivity index (χ1) is 10.0. The summed E-state index contributed by atoms with van der Waals surface area (Å²) in [5.41, 5.74) is 0.697. The van der Waals surface area contributed by atoms with Crippen LogP contribution in [-0.4, -0.2) is 17.5 Å². The Morgan fingerprint density at radius 2 is 2.19 bits per heavy atom. The summed E-state index contributed by atoms with van der Waals surface area (Å²) < 4.78 is 5.30. The van der Waals surface area contributed by atoms with E-state index < -0.39 is 0 Å². The number of aromatic hydroxyl groups is 1. The van der Waals surface area contributed by atoms with E-state index in [0.29, 0.717) is 22.8 Å². The number of hydrogen-bond acceptors (Lipinski definition) is 4. The summed E-state index contributed by atoms with van der Waals surface area (Å²) in [5, 5.41) is 9.96. The number of phenolic OH excluding ortho intramolecular Hbond substituents is 1. The third-order valence-corrected chi connectivity index (χ3v) is 4.06. The molecule has 1 heterocycles. The van der Waals surface area contributed by atoms with Crippen LogP contribution < -0.4 is 4.74 Å². The molecule has 1 aromatic carbocycles. The van der Waals surface area contributed by atoms with Gasteiger partial charge in [-0.3, -0.25) is 4.79 Å². The number of phenols is 1. The maximum absolute atomic E-state index is 12.0. The number of allylic oxidation sites excluding steroid dienone is 1. The summed E-state index contributed by atoms with van der Waals surface area (Å²) in [7, 11) is 0. The molecule has 21 heavy (non-hydrogen) atoms. The predicted octanol–water partition coefficient (Wildman–Crippen LogP) is 4.71.